The Hall–Kier alpha value is -3.17. The number of methoxy groups -OCH3 is 1. The predicted molar refractivity (Wildman–Crippen MR) is 153 cm³/mol. The summed E-state index contributed by atoms with van der Waals surface area (Å²) in [6, 6.07) is 14.9. The van der Waals surface area contributed by atoms with E-state index in [2.05, 4.69) is 15.5 Å². The highest BCUT2D eigenvalue weighted by Gasteiger charge is 2.69. The van der Waals surface area contributed by atoms with Crippen molar-refractivity contribution in [3.8, 4) is 5.75 Å². The van der Waals surface area contributed by atoms with Crippen molar-refractivity contribution in [3.05, 3.63) is 92.7 Å². The number of halogens is 3. The quantitative estimate of drug-likeness (QED) is 0.325. The standard InChI is InChI=1S/C31H28Cl2FN3O4/c1-41-25-11-16(7-9-18(25)29(38)39)22-13-24-28(35-22)26(19-3-2-4-21(33)27(19)34)31(37(24)14-15-5-6-15)20-10-8-17(32)12-23(20)36-30(31)40/h2-4,7-12,15,22,24,26,28,35H,5-6,13-14H2,1H3,(H,36,40)(H,38,39)/t22-,24-,26-,28+,31+/m0/s1. The van der Waals surface area contributed by atoms with E-state index in [1.54, 1.807) is 42.5 Å². The van der Waals surface area contributed by atoms with E-state index >= 15 is 4.39 Å². The van der Waals surface area contributed by atoms with Crippen molar-refractivity contribution in [1.82, 2.24) is 10.2 Å². The van der Waals surface area contributed by atoms with E-state index in [9.17, 15) is 14.7 Å². The van der Waals surface area contributed by atoms with Crippen LogP contribution in [0.5, 0.6) is 5.75 Å². The van der Waals surface area contributed by atoms with Crippen molar-refractivity contribution in [3.63, 3.8) is 0 Å². The second-order valence-corrected chi connectivity index (χ2v) is 12.3. The lowest BCUT2D eigenvalue weighted by Gasteiger charge is -2.41. The number of nitrogens with one attached hydrogen (secondary N) is 2. The fourth-order valence-electron chi connectivity index (χ4n) is 7.40. The van der Waals surface area contributed by atoms with Gasteiger partial charge in [-0.15, -0.1) is 0 Å². The van der Waals surface area contributed by atoms with Gasteiger partial charge in [-0.2, -0.15) is 0 Å². The van der Waals surface area contributed by atoms with Crippen molar-refractivity contribution < 1.29 is 23.8 Å². The Morgan fingerprint density at radius 1 is 1.17 bits per heavy atom. The van der Waals surface area contributed by atoms with Gasteiger partial charge in [0.2, 0.25) is 5.91 Å². The molecule has 1 amide bonds. The maximum Gasteiger partial charge on any atom is 0.339 e. The van der Waals surface area contributed by atoms with Gasteiger partial charge >= 0.3 is 5.97 Å². The first kappa shape index (κ1) is 26.7. The number of anilines is 1. The molecular weight excluding hydrogens is 568 g/mol. The zero-order valence-electron chi connectivity index (χ0n) is 22.2. The number of fused-ring (bicyclic) bond motifs is 3. The number of carboxylic acid groups (broad SMARTS) is 1. The van der Waals surface area contributed by atoms with Gasteiger partial charge in [-0.25, -0.2) is 9.18 Å². The fraction of sp³-hybridized carbons (Fsp3) is 0.355. The summed E-state index contributed by atoms with van der Waals surface area (Å²) in [5, 5.41) is 16.9. The van der Waals surface area contributed by atoms with Gasteiger partial charge in [-0.05, 0) is 66.6 Å². The number of carbonyl (C=O) groups excluding carboxylic acids is 1. The van der Waals surface area contributed by atoms with Gasteiger partial charge in [0.15, 0.2) is 0 Å². The topological polar surface area (TPSA) is 90.9 Å². The summed E-state index contributed by atoms with van der Waals surface area (Å²) in [6.45, 7) is 0.699. The average molecular weight is 596 g/mol. The maximum atomic E-state index is 16.0. The van der Waals surface area contributed by atoms with E-state index in [4.69, 9.17) is 27.9 Å². The molecule has 41 heavy (non-hydrogen) atoms. The van der Waals surface area contributed by atoms with Crippen molar-refractivity contribution >= 4 is 40.8 Å². The van der Waals surface area contributed by atoms with Gasteiger partial charge in [-0.1, -0.05) is 47.5 Å². The van der Waals surface area contributed by atoms with E-state index in [-0.39, 0.29) is 40.4 Å². The van der Waals surface area contributed by atoms with Crippen LogP contribution in [-0.4, -0.2) is 47.6 Å². The highest BCUT2D eigenvalue weighted by Crippen LogP contribution is 2.61. The normalized spacial score (nSPS) is 28.5. The maximum absolute atomic E-state index is 16.0. The van der Waals surface area contributed by atoms with Crippen LogP contribution >= 0.6 is 23.2 Å². The first-order chi connectivity index (χ1) is 19.7. The second kappa shape index (κ2) is 9.70. The number of hydrogen-bond donors (Lipinski definition) is 3. The fourth-order valence-corrected chi connectivity index (χ4v) is 7.75. The van der Waals surface area contributed by atoms with Crippen LogP contribution in [0.1, 0.15) is 58.3 Å². The lowest BCUT2D eigenvalue weighted by Crippen LogP contribution is -2.53. The van der Waals surface area contributed by atoms with Crippen LogP contribution in [0.15, 0.2) is 54.6 Å². The van der Waals surface area contributed by atoms with Gasteiger partial charge < -0.3 is 20.5 Å². The highest BCUT2D eigenvalue weighted by molar-refractivity contribution is 6.31. The van der Waals surface area contributed by atoms with Gasteiger partial charge in [-0.3, -0.25) is 9.69 Å². The molecule has 5 atom stereocenters. The molecule has 3 N–H and O–H groups in total. The Balaban J connectivity index is 1.39. The van der Waals surface area contributed by atoms with Gasteiger partial charge in [0.05, 0.1) is 12.1 Å². The molecule has 212 valence electrons. The monoisotopic (exact) mass is 595 g/mol. The van der Waals surface area contributed by atoms with Crippen LogP contribution in [0.2, 0.25) is 10.0 Å². The Morgan fingerprint density at radius 3 is 2.71 bits per heavy atom. The molecule has 3 fully saturated rings. The van der Waals surface area contributed by atoms with Crippen LogP contribution in [-0.2, 0) is 10.3 Å². The second-order valence-electron chi connectivity index (χ2n) is 11.4. The Bertz CT molecular complexity index is 1600. The molecule has 7 nitrogen and oxygen atoms in total. The minimum atomic E-state index is -1.16. The van der Waals surface area contributed by atoms with E-state index in [0.29, 0.717) is 35.2 Å². The lowest BCUT2D eigenvalue weighted by molar-refractivity contribution is -0.128. The highest BCUT2D eigenvalue weighted by atomic mass is 35.5. The van der Waals surface area contributed by atoms with Crippen LogP contribution < -0.4 is 15.4 Å². The van der Waals surface area contributed by atoms with Crippen LogP contribution in [0.3, 0.4) is 0 Å². The number of ether oxygens (including phenoxy) is 1. The molecule has 1 spiro atoms. The summed E-state index contributed by atoms with van der Waals surface area (Å²) in [5.41, 5.74) is 1.61. The number of amides is 1. The summed E-state index contributed by atoms with van der Waals surface area (Å²) < 4.78 is 21.3. The number of carbonyl (C=O) groups is 2. The first-order valence-corrected chi connectivity index (χ1v) is 14.5. The van der Waals surface area contributed by atoms with Crippen molar-refractivity contribution in [2.75, 3.05) is 19.0 Å². The largest absolute Gasteiger partial charge is 0.496 e. The number of carboxylic acids is 1. The third-order valence-electron chi connectivity index (χ3n) is 9.26. The van der Waals surface area contributed by atoms with E-state index in [0.717, 1.165) is 24.0 Å². The van der Waals surface area contributed by atoms with Crippen molar-refractivity contribution in [2.24, 2.45) is 5.92 Å². The SMILES string of the molecule is COc1cc([C@@H]2C[C@H]3[C@@H](N2)[C@H](c2cccc(Cl)c2F)[C@]2(C(=O)Nc4cc(Cl)ccc42)N3CC2CC2)ccc1C(=O)O. The summed E-state index contributed by atoms with van der Waals surface area (Å²) in [5.74, 6) is -1.66. The molecule has 3 aliphatic heterocycles. The molecule has 0 unspecified atom stereocenters. The molecular formula is C31H28Cl2FN3O4. The molecule has 3 aromatic carbocycles. The minimum Gasteiger partial charge on any atom is -0.496 e. The van der Waals surface area contributed by atoms with Crippen LogP contribution in [0.25, 0.3) is 0 Å². The Morgan fingerprint density at radius 2 is 1.98 bits per heavy atom. The molecule has 3 aromatic rings. The van der Waals surface area contributed by atoms with Gasteiger partial charge in [0, 0.05) is 46.9 Å². The molecule has 10 heteroatoms. The van der Waals surface area contributed by atoms with Crippen molar-refractivity contribution in [2.45, 2.75) is 48.8 Å². The van der Waals surface area contributed by atoms with Gasteiger partial charge in [0.1, 0.15) is 22.7 Å². The Kier molecular flexibility index (Phi) is 6.32. The van der Waals surface area contributed by atoms with E-state index in [1.807, 2.05) is 6.07 Å². The number of aromatic carboxylic acids is 1. The molecule has 1 aliphatic carbocycles. The predicted octanol–water partition coefficient (Wildman–Crippen LogP) is 5.97. The molecule has 3 heterocycles. The third kappa shape index (κ3) is 3.99. The number of benzene rings is 3. The van der Waals surface area contributed by atoms with Crippen molar-refractivity contribution in [1.29, 1.82) is 0 Å². The summed E-state index contributed by atoms with van der Waals surface area (Å²) >= 11 is 12.7. The third-order valence-corrected chi connectivity index (χ3v) is 9.79. The average Bonchev–Trinajstić information content (AvgIpc) is 3.52. The van der Waals surface area contributed by atoms with E-state index in [1.165, 1.54) is 13.2 Å². The minimum absolute atomic E-state index is 0.00752. The summed E-state index contributed by atoms with van der Waals surface area (Å²) in [6.07, 6.45) is 2.81. The number of likely N-dealkylation sites (tertiary alicyclic amines) is 1. The lowest BCUT2D eigenvalue weighted by atomic mass is 9.73. The number of hydrogen-bond acceptors (Lipinski definition) is 5. The van der Waals surface area contributed by atoms with Crippen LogP contribution in [0, 0.1) is 11.7 Å². The summed E-state index contributed by atoms with van der Waals surface area (Å²) in [7, 11) is 1.45. The smallest absolute Gasteiger partial charge is 0.339 e. The number of nitrogens with zero attached hydrogens (tertiary/aromatic N) is 1. The summed E-state index contributed by atoms with van der Waals surface area (Å²) in [4.78, 5) is 28.3. The molecule has 0 bridgehead atoms. The van der Waals surface area contributed by atoms with Gasteiger partial charge in [0.25, 0.3) is 0 Å². The van der Waals surface area contributed by atoms with Crippen LogP contribution in [0.4, 0.5) is 10.1 Å². The zero-order chi connectivity index (χ0) is 28.6. The first-order valence-electron chi connectivity index (χ1n) is 13.7. The molecule has 2 saturated heterocycles. The Labute approximate surface area is 246 Å². The molecule has 4 aliphatic rings. The van der Waals surface area contributed by atoms with E-state index < -0.39 is 23.2 Å². The molecule has 7 rings (SSSR count). The molecule has 0 radical (unpaired) electrons. The molecule has 1 saturated carbocycles. The molecule has 0 aromatic heterocycles. The zero-order valence-corrected chi connectivity index (χ0v) is 23.7. The number of rotatable bonds is 6.